The van der Waals surface area contributed by atoms with Gasteiger partial charge in [-0.3, -0.25) is 4.40 Å². The van der Waals surface area contributed by atoms with Crippen LogP contribution in [0.4, 0.5) is 0 Å². The Hall–Kier alpha value is -1.42. The van der Waals surface area contributed by atoms with Gasteiger partial charge in [0, 0.05) is 38.9 Å². The van der Waals surface area contributed by atoms with Crippen LogP contribution in [0.25, 0.3) is 5.65 Å². The first-order valence-electron chi connectivity index (χ1n) is 9.69. The molecule has 0 saturated carbocycles. The van der Waals surface area contributed by atoms with Crippen molar-refractivity contribution in [3.63, 3.8) is 0 Å². The van der Waals surface area contributed by atoms with E-state index >= 15 is 0 Å². The number of halogens is 1. The average Bonchev–Trinajstić information content (AvgIpc) is 3.02. The second kappa shape index (κ2) is 10.8. The van der Waals surface area contributed by atoms with Crippen molar-refractivity contribution in [2.45, 2.75) is 33.7 Å². The molecule has 1 aliphatic rings. The van der Waals surface area contributed by atoms with E-state index in [2.05, 4.69) is 51.5 Å². The Morgan fingerprint density at radius 1 is 1.19 bits per heavy atom. The molecular weight excluding hydrogens is 453 g/mol. The second-order valence-corrected chi connectivity index (χ2v) is 7.37. The normalized spacial score (nSPS) is 21.1. The number of pyridine rings is 1. The van der Waals surface area contributed by atoms with Gasteiger partial charge in [-0.25, -0.2) is 4.99 Å². The van der Waals surface area contributed by atoms with Crippen LogP contribution in [0, 0.1) is 11.8 Å². The first kappa shape index (κ1) is 21.9. The minimum Gasteiger partial charge on any atom is -0.357 e. The molecule has 0 radical (unpaired) electrons. The van der Waals surface area contributed by atoms with Gasteiger partial charge in [0.2, 0.25) is 0 Å². The van der Waals surface area contributed by atoms with Crippen molar-refractivity contribution >= 4 is 35.6 Å². The van der Waals surface area contributed by atoms with E-state index in [9.17, 15) is 0 Å². The van der Waals surface area contributed by atoms with E-state index in [-0.39, 0.29) is 24.0 Å². The standard InChI is InChI=1S/C19H31N7.HI/c1-4-20-19(21-8-10-25-13-15(2)11-16(3)14-25)22-12-18-24-23-17-7-5-6-9-26(17)18;/h5-7,9,15-16H,4,8,10-14H2,1-3H3,(H2,20,21,22);1H. The van der Waals surface area contributed by atoms with E-state index in [0.717, 1.165) is 48.9 Å². The SMILES string of the molecule is CCNC(=NCc1nnc2ccccn12)NCCN1CC(C)CC(C)C1.I. The van der Waals surface area contributed by atoms with Gasteiger partial charge in [-0.2, -0.15) is 0 Å². The van der Waals surface area contributed by atoms with Crippen molar-refractivity contribution in [3.8, 4) is 0 Å². The van der Waals surface area contributed by atoms with Crippen molar-refractivity contribution in [2.24, 2.45) is 16.8 Å². The fourth-order valence-corrected chi connectivity index (χ4v) is 3.80. The maximum Gasteiger partial charge on any atom is 0.191 e. The van der Waals surface area contributed by atoms with Crippen LogP contribution in [0.5, 0.6) is 0 Å². The van der Waals surface area contributed by atoms with Gasteiger partial charge in [0.1, 0.15) is 6.54 Å². The maximum absolute atomic E-state index is 4.67. The third-order valence-corrected chi connectivity index (χ3v) is 4.77. The number of nitrogens with one attached hydrogen (secondary N) is 2. The van der Waals surface area contributed by atoms with Crippen LogP contribution in [0.1, 0.15) is 33.0 Å². The minimum absolute atomic E-state index is 0. The third-order valence-electron chi connectivity index (χ3n) is 4.77. The summed E-state index contributed by atoms with van der Waals surface area (Å²) in [7, 11) is 0. The summed E-state index contributed by atoms with van der Waals surface area (Å²) in [6.07, 6.45) is 3.32. The summed E-state index contributed by atoms with van der Waals surface area (Å²) < 4.78 is 1.98. The van der Waals surface area contributed by atoms with E-state index in [1.807, 2.05) is 28.8 Å². The number of nitrogens with zero attached hydrogens (tertiary/aromatic N) is 5. The highest BCUT2D eigenvalue weighted by Gasteiger charge is 2.21. The van der Waals surface area contributed by atoms with E-state index in [0.29, 0.717) is 6.54 Å². The Bertz CT molecular complexity index is 720. The number of guanidine groups is 1. The molecule has 27 heavy (non-hydrogen) atoms. The van der Waals surface area contributed by atoms with Crippen LogP contribution >= 0.6 is 24.0 Å². The molecule has 0 spiro atoms. The number of aliphatic imine (C=N–C) groups is 1. The molecule has 2 atom stereocenters. The van der Waals surface area contributed by atoms with Crippen LogP contribution in [-0.4, -0.2) is 58.2 Å². The molecule has 150 valence electrons. The van der Waals surface area contributed by atoms with Gasteiger partial charge in [-0.05, 0) is 37.3 Å². The Morgan fingerprint density at radius 2 is 1.96 bits per heavy atom. The molecule has 1 aliphatic heterocycles. The fourth-order valence-electron chi connectivity index (χ4n) is 3.80. The van der Waals surface area contributed by atoms with Crippen molar-refractivity contribution in [2.75, 3.05) is 32.7 Å². The molecule has 1 fully saturated rings. The fraction of sp³-hybridized carbons (Fsp3) is 0.632. The number of hydrogen-bond donors (Lipinski definition) is 2. The summed E-state index contributed by atoms with van der Waals surface area (Å²) in [4.78, 5) is 7.23. The summed E-state index contributed by atoms with van der Waals surface area (Å²) in [6.45, 7) is 12.5. The summed E-state index contributed by atoms with van der Waals surface area (Å²) in [5, 5.41) is 15.2. The number of hydrogen-bond acceptors (Lipinski definition) is 4. The largest absolute Gasteiger partial charge is 0.357 e. The van der Waals surface area contributed by atoms with Crippen molar-refractivity contribution < 1.29 is 0 Å². The Kier molecular flexibility index (Phi) is 8.75. The quantitative estimate of drug-likeness (QED) is 0.374. The van der Waals surface area contributed by atoms with Gasteiger partial charge in [0.05, 0.1) is 0 Å². The Morgan fingerprint density at radius 3 is 2.70 bits per heavy atom. The van der Waals surface area contributed by atoms with E-state index in [1.165, 1.54) is 19.5 Å². The molecule has 0 amide bonds. The second-order valence-electron chi connectivity index (χ2n) is 7.37. The lowest BCUT2D eigenvalue weighted by Crippen LogP contribution is -2.45. The lowest BCUT2D eigenvalue weighted by atomic mass is 9.92. The summed E-state index contributed by atoms with van der Waals surface area (Å²) in [6, 6.07) is 5.89. The molecule has 2 aromatic rings. The number of piperidine rings is 1. The monoisotopic (exact) mass is 485 g/mol. The minimum atomic E-state index is 0. The zero-order valence-corrected chi connectivity index (χ0v) is 18.9. The topological polar surface area (TPSA) is 69.8 Å². The lowest BCUT2D eigenvalue weighted by molar-refractivity contribution is 0.143. The molecular formula is C19H32IN7. The van der Waals surface area contributed by atoms with Gasteiger partial charge < -0.3 is 15.5 Å². The van der Waals surface area contributed by atoms with Crippen LogP contribution in [0.15, 0.2) is 29.4 Å². The number of fused-ring (bicyclic) bond motifs is 1. The highest BCUT2D eigenvalue weighted by Crippen LogP contribution is 2.20. The zero-order valence-electron chi connectivity index (χ0n) is 16.6. The van der Waals surface area contributed by atoms with Crippen molar-refractivity contribution in [3.05, 3.63) is 30.2 Å². The van der Waals surface area contributed by atoms with Crippen molar-refractivity contribution in [1.82, 2.24) is 30.1 Å². The molecule has 0 aliphatic carbocycles. The highest BCUT2D eigenvalue weighted by molar-refractivity contribution is 14.0. The zero-order chi connectivity index (χ0) is 18.4. The average molecular weight is 485 g/mol. The molecule has 3 rings (SSSR count). The van der Waals surface area contributed by atoms with Crippen LogP contribution in [-0.2, 0) is 6.54 Å². The van der Waals surface area contributed by atoms with E-state index in [4.69, 9.17) is 0 Å². The molecule has 0 aromatic carbocycles. The Balaban J connectivity index is 0.00000261. The van der Waals surface area contributed by atoms with Gasteiger partial charge in [0.15, 0.2) is 17.4 Å². The predicted octanol–water partition coefficient (Wildman–Crippen LogP) is 2.38. The maximum atomic E-state index is 4.67. The number of aromatic nitrogens is 3. The van der Waals surface area contributed by atoms with Crippen LogP contribution in [0.2, 0.25) is 0 Å². The number of likely N-dealkylation sites (tertiary alicyclic amines) is 1. The van der Waals surface area contributed by atoms with Gasteiger partial charge in [-0.1, -0.05) is 19.9 Å². The smallest absolute Gasteiger partial charge is 0.191 e. The van der Waals surface area contributed by atoms with Gasteiger partial charge in [0.25, 0.3) is 0 Å². The first-order chi connectivity index (χ1) is 12.7. The van der Waals surface area contributed by atoms with E-state index < -0.39 is 0 Å². The van der Waals surface area contributed by atoms with Crippen LogP contribution < -0.4 is 10.6 Å². The van der Waals surface area contributed by atoms with E-state index in [1.54, 1.807) is 0 Å². The van der Waals surface area contributed by atoms with Gasteiger partial charge in [-0.15, -0.1) is 34.2 Å². The molecule has 1 saturated heterocycles. The molecule has 7 nitrogen and oxygen atoms in total. The molecule has 2 N–H and O–H groups in total. The Labute approximate surface area is 179 Å². The lowest BCUT2D eigenvalue weighted by Gasteiger charge is -2.35. The summed E-state index contributed by atoms with van der Waals surface area (Å²) in [5.41, 5.74) is 0.851. The number of rotatable bonds is 6. The predicted molar refractivity (Wildman–Crippen MR) is 121 cm³/mol. The van der Waals surface area contributed by atoms with Crippen LogP contribution in [0.3, 0.4) is 0 Å². The van der Waals surface area contributed by atoms with Crippen molar-refractivity contribution in [1.29, 1.82) is 0 Å². The molecule has 2 unspecified atom stereocenters. The molecule has 8 heteroatoms. The van der Waals surface area contributed by atoms with Gasteiger partial charge >= 0.3 is 0 Å². The summed E-state index contributed by atoms with van der Waals surface area (Å²) in [5.74, 6) is 3.26. The third kappa shape index (κ3) is 6.31. The summed E-state index contributed by atoms with van der Waals surface area (Å²) >= 11 is 0. The molecule has 0 bridgehead atoms. The first-order valence-corrected chi connectivity index (χ1v) is 9.69. The molecule has 3 heterocycles. The molecule has 2 aromatic heterocycles. The highest BCUT2D eigenvalue weighted by atomic mass is 127.